The van der Waals surface area contributed by atoms with Gasteiger partial charge in [0.25, 0.3) is 11.1 Å². The van der Waals surface area contributed by atoms with Gasteiger partial charge >= 0.3 is 0 Å². The van der Waals surface area contributed by atoms with E-state index in [4.69, 9.17) is 4.74 Å². The Balaban J connectivity index is 1.46. The van der Waals surface area contributed by atoms with Crippen molar-refractivity contribution in [2.45, 2.75) is 20.1 Å². The number of amides is 2. The zero-order chi connectivity index (χ0) is 23.4. The summed E-state index contributed by atoms with van der Waals surface area (Å²) in [4.78, 5) is 34.1. The van der Waals surface area contributed by atoms with E-state index in [0.29, 0.717) is 23.8 Å². The molecule has 1 fully saturated rings. The molecule has 1 saturated heterocycles. The number of anilines is 1. The first-order chi connectivity index (χ1) is 15.9. The van der Waals surface area contributed by atoms with Gasteiger partial charge in [-0.15, -0.1) is 0 Å². The maximum atomic E-state index is 12.2. The Morgan fingerprint density at radius 3 is 2.79 bits per heavy atom. The number of thioether (sulfide) groups is 1. The quantitative estimate of drug-likeness (QED) is 0.414. The number of hydrogen-bond acceptors (Lipinski definition) is 7. The smallest absolute Gasteiger partial charge is 0.293 e. The number of likely N-dealkylation sites (N-methyl/N-ethyl adjacent to an activating group) is 1. The fraction of sp³-hybridized carbons (Fsp3) is 0.167. The molecular weight excluding hydrogens is 504 g/mol. The second kappa shape index (κ2) is 10.2. The molecule has 1 N–H and O–H groups in total. The highest BCUT2D eigenvalue weighted by Gasteiger charge is 2.32. The molecule has 0 spiro atoms. The Hall–Kier alpha value is -3.17. The van der Waals surface area contributed by atoms with Crippen molar-refractivity contribution in [2.75, 3.05) is 12.4 Å². The first kappa shape index (κ1) is 23.0. The van der Waals surface area contributed by atoms with Gasteiger partial charge in [-0.3, -0.25) is 24.5 Å². The molecule has 3 aromatic rings. The second-order valence-corrected chi connectivity index (χ2v) is 9.27. The van der Waals surface area contributed by atoms with Crippen LogP contribution in [0.2, 0.25) is 0 Å². The Morgan fingerprint density at radius 2 is 2.06 bits per heavy atom. The van der Waals surface area contributed by atoms with Crippen molar-refractivity contribution in [3.8, 4) is 5.75 Å². The average Bonchev–Trinajstić information content (AvgIpc) is 3.06. The molecule has 2 amide bonds. The lowest BCUT2D eigenvalue weighted by molar-refractivity contribution is -0.121. The van der Waals surface area contributed by atoms with Gasteiger partial charge in [-0.1, -0.05) is 22.0 Å². The number of pyridine rings is 2. The first-order valence-electron chi connectivity index (χ1n) is 10.1. The fourth-order valence-corrected chi connectivity index (χ4v) is 4.53. The molecule has 33 heavy (non-hydrogen) atoms. The zero-order valence-corrected chi connectivity index (χ0v) is 20.4. The summed E-state index contributed by atoms with van der Waals surface area (Å²) >= 11 is 4.47. The second-order valence-electron chi connectivity index (χ2n) is 7.43. The lowest BCUT2D eigenvalue weighted by Crippen LogP contribution is -2.22. The maximum Gasteiger partial charge on any atom is 0.293 e. The number of nitrogens with one attached hydrogen (secondary N) is 1. The Bertz CT molecular complexity index is 1230. The minimum absolute atomic E-state index is 0.282. The molecule has 168 valence electrons. The number of halogens is 1. The lowest BCUT2D eigenvalue weighted by Gasteiger charge is -2.13. The first-order valence-corrected chi connectivity index (χ1v) is 11.7. The van der Waals surface area contributed by atoms with Crippen molar-refractivity contribution in [3.63, 3.8) is 0 Å². The average molecular weight is 525 g/mol. The number of nitrogens with zero attached hydrogens (tertiary/aromatic N) is 3. The number of ether oxygens (including phenoxy) is 1. The van der Waals surface area contributed by atoms with Crippen LogP contribution < -0.4 is 10.1 Å². The Kier molecular flexibility index (Phi) is 7.10. The van der Waals surface area contributed by atoms with E-state index in [9.17, 15) is 9.59 Å². The van der Waals surface area contributed by atoms with E-state index >= 15 is 0 Å². The molecule has 1 aliphatic heterocycles. The van der Waals surface area contributed by atoms with Crippen LogP contribution >= 0.6 is 27.7 Å². The normalized spacial score (nSPS) is 14.8. The Morgan fingerprint density at radius 1 is 1.21 bits per heavy atom. The summed E-state index contributed by atoms with van der Waals surface area (Å²) in [6.07, 6.45) is 6.99. The number of carbonyl (C=O) groups is 2. The third kappa shape index (κ3) is 5.61. The number of carbonyl (C=O) groups excluding carboxylic acids is 2. The van der Waals surface area contributed by atoms with Crippen LogP contribution in [0.5, 0.6) is 5.75 Å². The van der Waals surface area contributed by atoms with E-state index in [2.05, 4.69) is 31.2 Å². The van der Waals surface area contributed by atoms with Gasteiger partial charge in [0.05, 0.1) is 22.8 Å². The third-order valence-corrected chi connectivity index (χ3v) is 6.60. The SMILES string of the molecule is Cc1cc(Br)c(/C=C2\SC(=O)N(C)C2=O)cc1OCc1cncc(NCc2ccccn2)c1. The lowest BCUT2D eigenvalue weighted by atomic mass is 10.1. The molecule has 1 aliphatic rings. The molecule has 0 bridgehead atoms. The summed E-state index contributed by atoms with van der Waals surface area (Å²) < 4.78 is 6.89. The summed E-state index contributed by atoms with van der Waals surface area (Å²) in [5.41, 5.74) is 4.44. The van der Waals surface area contributed by atoms with Gasteiger partial charge < -0.3 is 10.1 Å². The molecule has 2 aromatic heterocycles. The summed E-state index contributed by atoms with van der Waals surface area (Å²) in [5, 5.41) is 3.04. The van der Waals surface area contributed by atoms with E-state index < -0.39 is 0 Å². The molecule has 1 aromatic carbocycles. The van der Waals surface area contributed by atoms with Crippen LogP contribution in [0.25, 0.3) is 6.08 Å². The third-order valence-electron chi connectivity index (χ3n) is 4.96. The highest BCUT2D eigenvalue weighted by molar-refractivity contribution is 9.10. The summed E-state index contributed by atoms with van der Waals surface area (Å²) in [6, 6.07) is 11.6. The van der Waals surface area contributed by atoms with Gasteiger partial charge in [-0.25, -0.2) is 0 Å². The van der Waals surface area contributed by atoms with Crippen molar-refractivity contribution in [1.82, 2.24) is 14.9 Å². The number of aromatic nitrogens is 2. The van der Waals surface area contributed by atoms with E-state index in [1.54, 1.807) is 24.7 Å². The minimum Gasteiger partial charge on any atom is -0.489 e. The molecular formula is C24H21BrN4O3S. The van der Waals surface area contributed by atoms with Crippen molar-refractivity contribution >= 4 is 50.6 Å². The summed E-state index contributed by atoms with van der Waals surface area (Å²) in [6.45, 7) is 2.89. The van der Waals surface area contributed by atoms with Crippen molar-refractivity contribution in [3.05, 3.63) is 86.8 Å². The largest absolute Gasteiger partial charge is 0.489 e. The van der Waals surface area contributed by atoms with Gasteiger partial charge in [0.15, 0.2) is 0 Å². The number of aryl methyl sites for hydroxylation is 1. The topological polar surface area (TPSA) is 84.4 Å². The molecule has 0 atom stereocenters. The van der Waals surface area contributed by atoms with E-state index in [-0.39, 0.29) is 11.1 Å². The van der Waals surface area contributed by atoms with Crippen molar-refractivity contribution in [2.24, 2.45) is 0 Å². The van der Waals surface area contributed by atoms with Gasteiger partial charge in [0, 0.05) is 35.7 Å². The van der Waals surface area contributed by atoms with Crippen LogP contribution in [0.3, 0.4) is 0 Å². The van der Waals surface area contributed by atoms with E-state index in [0.717, 1.165) is 49.2 Å². The predicted molar refractivity (Wildman–Crippen MR) is 133 cm³/mol. The van der Waals surface area contributed by atoms with Crippen LogP contribution in [-0.4, -0.2) is 33.1 Å². The summed E-state index contributed by atoms with van der Waals surface area (Å²) in [5.74, 6) is 0.382. The highest BCUT2D eigenvalue weighted by atomic mass is 79.9. The van der Waals surface area contributed by atoms with Gasteiger partial charge in [0.1, 0.15) is 12.4 Å². The highest BCUT2D eigenvalue weighted by Crippen LogP contribution is 2.35. The van der Waals surface area contributed by atoms with Gasteiger partial charge in [-0.2, -0.15) is 0 Å². The van der Waals surface area contributed by atoms with Crippen LogP contribution in [-0.2, 0) is 17.9 Å². The van der Waals surface area contributed by atoms with Crippen LogP contribution in [0.1, 0.15) is 22.4 Å². The Labute approximate surface area is 204 Å². The standard InChI is InChI=1S/C24H21BrN4O3S/c1-15-7-20(25)17(10-22-23(30)29(2)24(31)33-22)9-21(15)32-14-16-8-19(12-26-11-16)28-13-18-5-3-4-6-27-18/h3-12,28H,13-14H2,1-2H3/b22-10-. The molecule has 4 rings (SSSR count). The van der Waals surface area contributed by atoms with Crippen LogP contribution in [0.15, 0.2) is 64.4 Å². The number of benzene rings is 1. The fourth-order valence-electron chi connectivity index (χ4n) is 3.14. The van der Waals surface area contributed by atoms with Gasteiger partial charge in [0.2, 0.25) is 0 Å². The number of imide groups is 1. The van der Waals surface area contributed by atoms with Crippen molar-refractivity contribution < 1.29 is 14.3 Å². The monoisotopic (exact) mass is 524 g/mol. The zero-order valence-electron chi connectivity index (χ0n) is 18.0. The molecule has 0 radical (unpaired) electrons. The van der Waals surface area contributed by atoms with E-state index in [1.165, 1.54) is 7.05 Å². The molecule has 0 aliphatic carbocycles. The molecule has 3 heterocycles. The van der Waals surface area contributed by atoms with E-state index in [1.807, 2.05) is 43.3 Å². The minimum atomic E-state index is -0.305. The van der Waals surface area contributed by atoms with Crippen molar-refractivity contribution in [1.29, 1.82) is 0 Å². The van der Waals surface area contributed by atoms with Gasteiger partial charge in [-0.05, 0) is 66.2 Å². The molecule has 0 saturated carbocycles. The molecule has 0 unspecified atom stereocenters. The summed E-state index contributed by atoms with van der Waals surface area (Å²) in [7, 11) is 1.48. The maximum absolute atomic E-state index is 12.2. The van der Waals surface area contributed by atoms with Crippen LogP contribution in [0, 0.1) is 6.92 Å². The van der Waals surface area contributed by atoms with Crippen LogP contribution in [0.4, 0.5) is 10.5 Å². The number of rotatable bonds is 7. The molecule has 9 heteroatoms. The predicted octanol–water partition coefficient (Wildman–Crippen LogP) is 5.40. The molecule has 7 nitrogen and oxygen atoms in total. The number of hydrogen-bond donors (Lipinski definition) is 1.